The number of phenolic OH excluding ortho intramolecular Hbond substituents is 1. The van der Waals surface area contributed by atoms with E-state index < -0.39 is 0 Å². The molecule has 0 aliphatic rings. The Kier molecular flexibility index (Phi) is 7.56. The average Bonchev–Trinajstić information content (AvgIpc) is 2.52. The summed E-state index contributed by atoms with van der Waals surface area (Å²) in [5.74, 6) is 0.673. The number of phenols is 1. The first-order valence-corrected chi connectivity index (χ1v) is 8.08. The van der Waals surface area contributed by atoms with Crippen molar-refractivity contribution in [3.05, 3.63) is 40.5 Å². The first-order chi connectivity index (χ1) is 11.3. The minimum absolute atomic E-state index is 0.0338. The van der Waals surface area contributed by atoms with Crippen molar-refractivity contribution in [3.63, 3.8) is 0 Å². The maximum atomic E-state index is 11.8. The summed E-state index contributed by atoms with van der Waals surface area (Å²) in [4.78, 5) is 11.8. The van der Waals surface area contributed by atoms with Crippen LogP contribution >= 0.6 is 0 Å². The lowest BCUT2D eigenvalue weighted by Crippen LogP contribution is -2.02. The summed E-state index contributed by atoms with van der Waals surface area (Å²) in [6, 6.07) is 1.52. The van der Waals surface area contributed by atoms with Gasteiger partial charge in [-0.15, -0.1) is 0 Å². The first kappa shape index (κ1) is 19.8. The highest BCUT2D eigenvalue weighted by molar-refractivity contribution is 5.98. The van der Waals surface area contributed by atoms with Gasteiger partial charge in [0.2, 0.25) is 0 Å². The lowest BCUT2D eigenvalue weighted by Gasteiger charge is -2.16. The topological polar surface area (TPSA) is 55.8 Å². The fourth-order valence-corrected chi connectivity index (χ4v) is 2.48. The third-order valence-corrected chi connectivity index (χ3v) is 3.86. The number of rotatable bonds is 8. The van der Waals surface area contributed by atoms with Gasteiger partial charge in [0, 0.05) is 5.56 Å². The molecule has 0 heterocycles. The van der Waals surface area contributed by atoms with Gasteiger partial charge in [-0.3, -0.25) is 4.79 Å². The van der Waals surface area contributed by atoms with Gasteiger partial charge in [-0.25, -0.2) is 0 Å². The number of allylic oxidation sites excluding steroid dienone is 4. The quantitative estimate of drug-likeness (QED) is 0.546. The van der Waals surface area contributed by atoms with E-state index in [-0.39, 0.29) is 17.1 Å². The number of Topliss-reactive ketones (excluding diaryl/α,β-unsaturated/α-hetero) is 1. The minimum atomic E-state index is -0.209. The zero-order valence-electron chi connectivity index (χ0n) is 15.5. The van der Waals surface area contributed by atoms with E-state index in [0.29, 0.717) is 23.5 Å². The second kappa shape index (κ2) is 9.16. The smallest absolute Gasteiger partial charge is 0.167 e. The third-order valence-electron chi connectivity index (χ3n) is 3.86. The van der Waals surface area contributed by atoms with Crippen molar-refractivity contribution in [1.82, 2.24) is 0 Å². The zero-order valence-corrected chi connectivity index (χ0v) is 15.5. The zero-order chi connectivity index (χ0) is 18.3. The average molecular weight is 332 g/mol. The minimum Gasteiger partial charge on any atom is -0.507 e. The summed E-state index contributed by atoms with van der Waals surface area (Å²) in [5.41, 5.74) is 3.35. The predicted octanol–water partition coefficient (Wildman–Crippen LogP) is 4.85. The molecule has 0 unspecified atom stereocenters. The summed E-state index contributed by atoms with van der Waals surface area (Å²) in [6.07, 6.45) is 6.68. The molecule has 0 saturated carbocycles. The summed E-state index contributed by atoms with van der Waals surface area (Å²) in [7, 11) is 3.04. The fourth-order valence-electron chi connectivity index (χ4n) is 2.48. The highest BCUT2D eigenvalue weighted by Gasteiger charge is 2.20. The number of ketones is 1. The van der Waals surface area contributed by atoms with Gasteiger partial charge in [-0.05, 0) is 53.0 Å². The van der Waals surface area contributed by atoms with Crippen molar-refractivity contribution in [2.75, 3.05) is 14.2 Å². The molecular formula is C20H28O4. The summed E-state index contributed by atoms with van der Waals surface area (Å²) < 4.78 is 10.7. The largest absolute Gasteiger partial charge is 0.507 e. The Morgan fingerprint density at radius 2 is 1.79 bits per heavy atom. The van der Waals surface area contributed by atoms with Crippen LogP contribution in [-0.4, -0.2) is 25.1 Å². The van der Waals surface area contributed by atoms with Gasteiger partial charge in [0.1, 0.15) is 5.75 Å². The van der Waals surface area contributed by atoms with Gasteiger partial charge >= 0.3 is 0 Å². The number of carbonyl (C=O) groups excluding carboxylic acids is 1. The number of hydrogen-bond acceptors (Lipinski definition) is 4. The molecule has 1 aromatic rings. The van der Waals surface area contributed by atoms with Crippen LogP contribution < -0.4 is 9.47 Å². The molecule has 0 radical (unpaired) electrons. The molecule has 0 amide bonds. The molecule has 4 nitrogen and oxygen atoms in total. The fraction of sp³-hybridized carbons (Fsp3) is 0.450. The van der Waals surface area contributed by atoms with E-state index >= 15 is 0 Å². The van der Waals surface area contributed by atoms with Crippen LogP contribution in [0.1, 0.15) is 56.5 Å². The van der Waals surface area contributed by atoms with Crippen LogP contribution in [0.3, 0.4) is 0 Å². The Morgan fingerprint density at radius 3 is 2.29 bits per heavy atom. The van der Waals surface area contributed by atoms with Gasteiger partial charge in [-0.1, -0.05) is 23.3 Å². The van der Waals surface area contributed by atoms with Gasteiger partial charge in [-0.2, -0.15) is 0 Å². The maximum Gasteiger partial charge on any atom is 0.167 e. The van der Waals surface area contributed by atoms with Crippen LogP contribution in [0.15, 0.2) is 29.4 Å². The van der Waals surface area contributed by atoms with E-state index in [4.69, 9.17) is 9.47 Å². The molecular weight excluding hydrogens is 304 g/mol. The molecule has 0 bridgehead atoms. The lowest BCUT2D eigenvalue weighted by molar-refractivity contribution is 0.101. The Labute approximate surface area is 144 Å². The second-order valence-electron chi connectivity index (χ2n) is 6.12. The van der Waals surface area contributed by atoms with Gasteiger partial charge in [0.05, 0.1) is 19.8 Å². The summed E-state index contributed by atoms with van der Waals surface area (Å²) in [5, 5.41) is 10.5. The van der Waals surface area contributed by atoms with E-state index in [9.17, 15) is 9.90 Å². The van der Waals surface area contributed by atoms with Crippen molar-refractivity contribution >= 4 is 5.78 Å². The van der Waals surface area contributed by atoms with Crippen LogP contribution in [0.2, 0.25) is 0 Å². The number of hydrogen-bond donors (Lipinski definition) is 1. The molecule has 0 aromatic heterocycles. The molecule has 0 aliphatic carbocycles. The molecule has 0 spiro atoms. The summed E-state index contributed by atoms with van der Waals surface area (Å²) in [6.45, 7) is 7.66. The monoisotopic (exact) mass is 332 g/mol. The molecule has 1 N–H and O–H groups in total. The van der Waals surface area contributed by atoms with Crippen molar-refractivity contribution < 1.29 is 19.4 Å². The number of carbonyl (C=O) groups is 1. The van der Waals surface area contributed by atoms with Gasteiger partial charge < -0.3 is 14.6 Å². The SMILES string of the molecule is COc1cc(C(C)=O)c(O)c(CC=C(C)CCC=C(C)C)c1OC. The molecule has 24 heavy (non-hydrogen) atoms. The number of benzene rings is 1. The van der Waals surface area contributed by atoms with Crippen LogP contribution in [0.25, 0.3) is 0 Å². The molecule has 1 aromatic carbocycles. The summed E-state index contributed by atoms with van der Waals surface area (Å²) >= 11 is 0. The molecule has 132 valence electrons. The molecule has 4 heteroatoms. The Hall–Kier alpha value is -2.23. The first-order valence-electron chi connectivity index (χ1n) is 8.08. The van der Waals surface area contributed by atoms with E-state index in [1.54, 1.807) is 0 Å². The van der Waals surface area contributed by atoms with Gasteiger partial charge in [0.15, 0.2) is 17.3 Å². The number of methoxy groups -OCH3 is 2. The Morgan fingerprint density at radius 1 is 1.12 bits per heavy atom. The molecule has 0 atom stereocenters. The highest BCUT2D eigenvalue weighted by atomic mass is 16.5. The normalized spacial score (nSPS) is 11.2. The Bertz CT molecular complexity index is 650. The maximum absolute atomic E-state index is 11.8. The van der Waals surface area contributed by atoms with Crippen LogP contribution in [0.4, 0.5) is 0 Å². The van der Waals surface area contributed by atoms with Crippen LogP contribution in [0, 0.1) is 0 Å². The molecule has 0 saturated heterocycles. The third kappa shape index (κ3) is 5.15. The molecule has 0 fully saturated rings. The molecule has 1 rings (SSSR count). The Balaban J connectivity index is 3.15. The van der Waals surface area contributed by atoms with E-state index in [1.165, 1.54) is 38.4 Å². The van der Waals surface area contributed by atoms with Crippen molar-refractivity contribution in [2.24, 2.45) is 0 Å². The van der Waals surface area contributed by atoms with E-state index in [1.807, 2.05) is 0 Å². The predicted molar refractivity (Wildman–Crippen MR) is 97.3 cm³/mol. The van der Waals surface area contributed by atoms with Crippen LogP contribution in [-0.2, 0) is 6.42 Å². The van der Waals surface area contributed by atoms with E-state index in [0.717, 1.165) is 12.8 Å². The number of aromatic hydroxyl groups is 1. The lowest BCUT2D eigenvalue weighted by atomic mass is 9.99. The van der Waals surface area contributed by atoms with Crippen LogP contribution in [0.5, 0.6) is 17.2 Å². The standard InChI is InChI=1S/C20H28O4/c1-13(2)8-7-9-14(3)10-11-16-19(22)17(15(4)21)12-18(23-5)20(16)24-6/h8,10,12,22H,7,9,11H2,1-6H3. The van der Waals surface area contributed by atoms with Crippen molar-refractivity contribution in [3.8, 4) is 17.2 Å². The second-order valence-corrected chi connectivity index (χ2v) is 6.12. The molecule has 0 aliphatic heterocycles. The van der Waals surface area contributed by atoms with Gasteiger partial charge in [0.25, 0.3) is 0 Å². The highest BCUT2D eigenvalue weighted by Crippen LogP contribution is 2.40. The van der Waals surface area contributed by atoms with E-state index in [2.05, 4.69) is 32.9 Å². The number of ether oxygens (including phenoxy) is 2. The van der Waals surface area contributed by atoms with Crippen molar-refractivity contribution in [1.29, 1.82) is 0 Å². The van der Waals surface area contributed by atoms with Crippen molar-refractivity contribution in [2.45, 2.75) is 47.0 Å².